The zero-order valence-electron chi connectivity index (χ0n) is 10.3. The molecule has 20 heavy (non-hydrogen) atoms. The summed E-state index contributed by atoms with van der Waals surface area (Å²) in [5, 5.41) is 15.2. The number of hydrogen-bond donors (Lipinski definition) is 3. The van der Waals surface area contributed by atoms with E-state index in [-0.39, 0.29) is 6.54 Å². The molecule has 0 aliphatic heterocycles. The van der Waals surface area contributed by atoms with Gasteiger partial charge in [-0.3, -0.25) is 9.59 Å². The van der Waals surface area contributed by atoms with Gasteiger partial charge in [0, 0.05) is 11.6 Å². The van der Waals surface area contributed by atoms with Crippen molar-refractivity contribution in [3.05, 3.63) is 16.6 Å². The number of aromatic nitrogens is 1. The van der Waals surface area contributed by atoms with Crippen molar-refractivity contribution in [2.45, 2.75) is 31.8 Å². The van der Waals surface area contributed by atoms with Gasteiger partial charge in [-0.2, -0.15) is 13.2 Å². The van der Waals surface area contributed by atoms with E-state index in [1.54, 1.807) is 5.38 Å². The molecule has 1 aromatic heterocycles. The quantitative estimate of drug-likeness (QED) is 0.724. The number of carbonyl (C=O) groups excluding carboxylic acids is 2. The molecule has 0 aliphatic carbocycles. The first-order valence-corrected chi connectivity index (χ1v) is 6.31. The lowest BCUT2D eigenvalue weighted by atomic mass is 10.1. The number of nitrogens with one attached hydrogen (secondary N) is 2. The van der Waals surface area contributed by atoms with Crippen LogP contribution in [0, 0.1) is 0 Å². The smallest absolute Gasteiger partial charge is 0.391 e. The van der Waals surface area contributed by atoms with Crippen LogP contribution >= 0.6 is 11.3 Å². The first-order valence-electron chi connectivity index (χ1n) is 5.43. The summed E-state index contributed by atoms with van der Waals surface area (Å²) in [4.78, 5) is 26.3. The van der Waals surface area contributed by atoms with E-state index in [2.05, 4.69) is 10.3 Å². The summed E-state index contributed by atoms with van der Waals surface area (Å²) in [6, 6.07) is -1.69. The van der Waals surface area contributed by atoms with E-state index in [4.69, 9.17) is 0 Å². The predicted molar refractivity (Wildman–Crippen MR) is 63.6 cm³/mol. The van der Waals surface area contributed by atoms with E-state index in [0.29, 0.717) is 5.01 Å². The molecule has 0 saturated carbocycles. The van der Waals surface area contributed by atoms with Crippen LogP contribution in [0.4, 0.5) is 13.2 Å². The third-order valence-corrected chi connectivity index (χ3v) is 2.99. The van der Waals surface area contributed by atoms with Gasteiger partial charge in [-0.1, -0.05) is 0 Å². The molecule has 0 bridgehead atoms. The van der Waals surface area contributed by atoms with Gasteiger partial charge in [-0.25, -0.2) is 4.98 Å². The molecule has 1 unspecified atom stereocenters. The first-order chi connectivity index (χ1) is 9.21. The Morgan fingerprint density at radius 1 is 1.50 bits per heavy atom. The molecule has 112 valence electrons. The van der Waals surface area contributed by atoms with Crippen molar-refractivity contribution in [2.75, 3.05) is 0 Å². The van der Waals surface area contributed by atoms with Gasteiger partial charge in [0.2, 0.25) is 5.91 Å². The maximum absolute atomic E-state index is 12.1. The van der Waals surface area contributed by atoms with Crippen LogP contribution in [0.15, 0.2) is 11.6 Å². The third kappa shape index (κ3) is 4.78. The van der Waals surface area contributed by atoms with E-state index < -0.39 is 30.1 Å². The Labute approximate surface area is 116 Å². The number of alkyl halides is 3. The van der Waals surface area contributed by atoms with Crippen LogP contribution in [-0.2, 0) is 16.1 Å². The summed E-state index contributed by atoms with van der Waals surface area (Å²) in [5.74, 6) is -3.21. The average molecular weight is 311 g/mol. The molecule has 1 heterocycles. The number of rotatable bonds is 5. The van der Waals surface area contributed by atoms with E-state index in [1.165, 1.54) is 22.9 Å². The predicted octanol–water partition coefficient (Wildman–Crippen LogP) is 0.187. The fourth-order valence-electron chi connectivity index (χ4n) is 1.24. The number of nitrogens with zero attached hydrogens (tertiary/aromatic N) is 1. The molecule has 0 radical (unpaired) electrons. The summed E-state index contributed by atoms with van der Waals surface area (Å²) >= 11 is 1.25. The van der Waals surface area contributed by atoms with E-state index in [9.17, 15) is 27.9 Å². The molecule has 1 aromatic rings. The third-order valence-electron chi connectivity index (χ3n) is 2.21. The molecule has 10 heteroatoms. The number of aliphatic hydroxyl groups is 1. The summed E-state index contributed by atoms with van der Waals surface area (Å²) < 4.78 is 36.3. The Bertz CT molecular complexity index is 462. The molecular weight excluding hydrogens is 299 g/mol. The van der Waals surface area contributed by atoms with Crippen LogP contribution < -0.4 is 10.6 Å². The largest absolute Gasteiger partial charge is 0.471 e. The molecule has 0 aromatic carbocycles. The second kappa shape index (κ2) is 6.66. The lowest BCUT2D eigenvalue weighted by Gasteiger charge is -2.21. The highest BCUT2D eigenvalue weighted by molar-refractivity contribution is 7.09. The zero-order chi connectivity index (χ0) is 15.3. The zero-order valence-corrected chi connectivity index (χ0v) is 11.1. The van der Waals surface area contributed by atoms with Gasteiger partial charge in [-0.05, 0) is 6.92 Å². The van der Waals surface area contributed by atoms with Crippen molar-refractivity contribution in [3.63, 3.8) is 0 Å². The molecule has 0 aliphatic rings. The standard InChI is InChI=1S/C10H12F3N3O3S/c1-5(17)7(16-9(19)10(11,12)13)8(18)15-4-6-14-2-3-20-6/h2-3,5,7,17H,4H2,1H3,(H,15,18)(H,16,19)/t5?,7-/m1/s1. The van der Waals surface area contributed by atoms with Gasteiger partial charge in [0.05, 0.1) is 12.6 Å². The second-order valence-corrected chi connectivity index (χ2v) is 4.81. The van der Waals surface area contributed by atoms with Crippen LogP contribution in [0.2, 0.25) is 0 Å². The highest BCUT2D eigenvalue weighted by Gasteiger charge is 2.41. The van der Waals surface area contributed by atoms with E-state index in [0.717, 1.165) is 6.92 Å². The fraction of sp³-hybridized carbons (Fsp3) is 0.500. The number of halogens is 3. The maximum Gasteiger partial charge on any atom is 0.471 e. The molecule has 0 spiro atoms. The Balaban J connectivity index is 2.61. The minimum Gasteiger partial charge on any atom is -0.391 e. The van der Waals surface area contributed by atoms with Crippen molar-refractivity contribution >= 4 is 23.2 Å². The Hall–Kier alpha value is -1.68. The first kappa shape index (κ1) is 16.4. The number of amides is 2. The van der Waals surface area contributed by atoms with Gasteiger partial charge in [0.15, 0.2) is 0 Å². The van der Waals surface area contributed by atoms with Crippen LogP contribution in [0.25, 0.3) is 0 Å². The summed E-state index contributed by atoms with van der Waals surface area (Å²) in [5.41, 5.74) is 0. The summed E-state index contributed by atoms with van der Waals surface area (Å²) in [6.07, 6.45) is -5.09. The van der Waals surface area contributed by atoms with Crippen molar-refractivity contribution in [2.24, 2.45) is 0 Å². The van der Waals surface area contributed by atoms with Gasteiger partial charge in [-0.15, -0.1) is 11.3 Å². The number of thiazole rings is 1. The lowest BCUT2D eigenvalue weighted by molar-refractivity contribution is -0.175. The van der Waals surface area contributed by atoms with E-state index in [1.807, 2.05) is 0 Å². The van der Waals surface area contributed by atoms with Crippen LogP contribution in [0.5, 0.6) is 0 Å². The highest BCUT2D eigenvalue weighted by Crippen LogP contribution is 2.15. The Morgan fingerprint density at radius 2 is 2.15 bits per heavy atom. The molecule has 2 amide bonds. The molecule has 3 N–H and O–H groups in total. The number of carbonyl (C=O) groups is 2. The number of hydrogen-bond acceptors (Lipinski definition) is 5. The number of aliphatic hydroxyl groups excluding tert-OH is 1. The second-order valence-electron chi connectivity index (χ2n) is 3.83. The van der Waals surface area contributed by atoms with E-state index >= 15 is 0 Å². The molecule has 0 fully saturated rings. The molecule has 6 nitrogen and oxygen atoms in total. The minimum absolute atomic E-state index is 0.00160. The molecule has 0 saturated heterocycles. The summed E-state index contributed by atoms with van der Waals surface area (Å²) in [7, 11) is 0. The highest BCUT2D eigenvalue weighted by atomic mass is 32.1. The average Bonchev–Trinajstić information content (AvgIpc) is 2.84. The minimum atomic E-state index is -5.12. The monoisotopic (exact) mass is 311 g/mol. The normalized spacial score (nSPS) is 14.4. The van der Waals surface area contributed by atoms with Crippen molar-refractivity contribution in [3.8, 4) is 0 Å². The van der Waals surface area contributed by atoms with Gasteiger partial charge in [0.1, 0.15) is 11.0 Å². The fourth-order valence-corrected chi connectivity index (χ4v) is 1.80. The SMILES string of the molecule is CC(O)[C@@H](NC(=O)C(F)(F)F)C(=O)NCc1nccs1. The van der Waals surface area contributed by atoms with Crippen molar-refractivity contribution in [1.29, 1.82) is 0 Å². The van der Waals surface area contributed by atoms with Crippen molar-refractivity contribution in [1.82, 2.24) is 15.6 Å². The van der Waals surface area contributed by atoms with Gasteiger partial charge >= 0.3 is 12.1 Å². The maximum atomic E-state index is 12.1. The lowest BCUT2D eigenvalue weighted by Crippen LogP contribution is -2.55. The summed E-state index contributed by atoms with van der Waals surface area (Å²) in [6.45, 7) is 1.10. The topological polar surface area (TPSA) is 91.3 Å². The molecular formula is C10H12F3N3O3S. The molecule has 2 atom stereocenters. The van der Waals surface area contributed by atoms with Crippen LogP contribution in [0.1, 0.15) is 11.9 Å². The molecule has 1 rings (SSSR count). The Kier molecular flexibility index (Phi) is 5.45. The van der Waals surface area contributed by atoms with Crippen molar-refractivity contribution < 1.29 is 27.9 Å². The van der Waals surface area contributed by atoms with Crippen LogP contribution in [-0.4, -0.2) is 40.2 Å². The van der Waals surface area contributed by atoms with Gasteiger partial charge < -0.3 is 15.7 Å². The Morgan fingerprint density at radius 3 is 2.60 bits per heavy atom. The van der Waals surface area contributed by atoms with Gasteiger partial charge in [0.25, 0.3) is 0 Å². The van der Waals surface area contributed by atoms with Crippen LogP contribution in [0.3, 0.4) is 0 Å².